The number of rotatable bonds is 4. The minimum Gasteiger partial charge on any atom is -0.497 e. The topological polar surface area (TPSA) is 44.5 Å². The summed E-state index contributed by atoms with van der Waals surface area (Å²) in [5.41, 5.74) is 3.85. The van der Waals surface area contributed by atoms with E-state index < -0.39 is 0 Å². The largest absolute Gasteiger partial charge is 0.497 e. The smallest absolute Gasteiger partial charge is 0.133 e. The Morgan fingerprint density at radius 1 is 1.00 bits per heavy atom. The molecule has 0 saturated carbocycles. The Morgan fingerprint density at radius 3 is 2.55 bits per heavy atom. The number of halogens is 1. The van der Waals surface area contributed by atoms with E-state index in [4.69, 9.17) is 14.0 Å². The van der Waals surface area contributed by atoms with Crippen LogP contribution >= 0.6 is 22.6 Å². The van der Waals surface area contributed by atoms with Crippen molar-refractivity contribution in [2.75, 3.05) is 14.2 Å². The Bertz CT molecular complexity index is 785. The van der Waals surface area contributed by atoms with Crippen molar-refractivity contribution < 1.29 is 14.0 Å². The molecule has 0 aliphatic heterocycles. The second-order valence-corrected chi connectivity index (χ2v) is 5.74. The fourth-order valence-corrected chi connectivity index (χ4v) is 3.10. The maximum absolute atomic E-state index is 5.51. The molecule has 0 bridgehead atoms. The first-order chi connectivity index (χ1) is 10.7. The summed E-state index contributed by atoms with van der Waals surface area (Å²) in [6.45, 7) is 0. The van der Waals surface area contributed by atoms with Crippen molar-refractivity contribution in [2.45, 2.75) is 0 Å². The van der Waals surface area contributed by atoms with E-state index in [1.807, 2.05) is 36.4 Å². The van der Waals surface area contributed by atoms with Crippen LogP contribution in [-0.2, 0) is 0 Å². The van der Waals surface area contributed by atoms with Crippen molar-refractivity contribution in [1.29, 1.82) is 0 Å². The van der Waals surface area contributed by atoms with Crippen LogP contribution in [0.4, 0.5) is 0 Å². The monoisotopic (exact) mass is 407 g/mol. The van der Waals surface area contributed by atoms with E-state index in [2.05, 4.69) is 33.8 Å². The third kappa shape index (κ3) is 2.81. The summed E-state index contributed by atoms with van der Waals surface area (Å²) in [4.78, 5) is 0. The molecule has 0 saturated heterocycles. The fraction of sp³-hybridized carbons (Fsp3) is 0.118. The highest BCUT2D eigenvalue weighted by Crippen LogP contribution is 2.37. The predicted molar refractivity (Wildman–Crippen MR) is 93.2 cm³/mol. The molecule has 1 heterocycles. The zero-order chi connectivity index (χ0) is 15.5. The van der Waals surface area contributed by atoms with E-state index in [9.17, 15) is 0 Å². The third-order valence-corrected chi connectivity index (χ3v) is 4.49. The predicted octanol–water partition coefficient (Wildman–Crippen LogP) is 4.63. The molecule has 0 atom stereocenters. The highest BCUT2D eigenvalue weighted by molar-refractivity contribution is 14.1. The fourth-order valence-electron chi connectivity index (χ4n) is 2.26. The molecule has 1 aromatic heterocycles. The van der Waals surface area contributed by atoms with Gasteiger partial charge in [0.2, 0.25) is 0 Å². The molecule has 3 rings (SSSR count). The standard InChI is InChI=1S/C17H14INO3/c1-20-13-5-3-4-11(8-13)14-9-12(15-6-7-22-19-15)10-16(21-2)17(14)18/h3-10H,1-2H3. The Hall–Kier alpha value is -2.02. The number of aromatic nitrogens is 1. The minimum absolute atomic E-state index is 0.777. The van der Waals surface area contributed by atoms with Gasteiger partial charge in [0, 0.05) is 11.6 Å². The molecule has 0 amide bonds. The molecule has 0 fully saturated rings. The second-order valence-electron chi connectivity index (χ2n) is 4.66. The molecule has 3 aromatic rings. The summed E-state index contributed by atoms with van der Waals surface area (Å²) < 4.78 is 16.8. The first kappa shape index (κ1) is 14.9. The molecule has 112 valence electrons. The number of hydrogen-bond donors (Lipinski definition) is 0. The van der Waals surface area contributed by atoms with Gasteiger partial charge in [-0.05, 0) is 58.0 Å². The summed E-state index contributed by atoms with van der Waals surface area (Å²) in [6.07, 6.45) is 1.56. The van der Waals surface area contributed by atoms with Gasteiger partial charge in [0.1, 0.15) is 23.5 Å². The van der Waals surface area contributed by atoms with Crippen LogP contribution in [0, 0.1) is 3.57 Å². The highest BCUT2D eigenvalue weighted by atomic mass is 127. The zero-order valence-corrected chi connectivity index (χ0v) is 14.3. The van der Waals surface area contributed by atoms with Crippen LogP contribution in [0.2, 0.25) is 0 Å². The second kappa shape index (κ2) is 6.39. The number of hydrogen-bond acceptors (Lipinski definition) is 4. The van der Waals surface area contributed by atoms with Crippen LogP contribution in [-0.4, -0.2) is 19.4 Å². The van der Waals surface area contributed by atoms with Gasteiger partial charge in [-0.3, -0.25) is 0 Å². The molecule has 0 spiro atoms. The van der Waals surface area contributed by atoms with Crippen molar-refractivity contribution in [2.24, 2.45) is 0 Å². The maximum Gasteiger partial charge on any atom is 0.133 e. The Balaban J connectivity index is 2.19. The van der Waals surface area contributed by atoms with Crippen LogP contribution in [0.25, 0.3) is 22.4 Å². The Kier molecular flexibility index (Phi) is 4.33. The van der Waals surface area contributed by atoms with Crippen LogP contribution in [0.3, 0.4) is 0 Å². The summed E-state index contributed by atoms with van der Waals surface area (Å²) in [7, 11) is 3.33. The lowest BCUT2D eigenvalue weighted by atomic mass is 10.0. The molecule has 2 aromatic carbocycles. The normalized spacial score (nSPS) is 10.5. The van der Waals surface area contributed by atoms with Gasteiger partial charge >= 0.3 is 0 Å². The molecular weight excluding hydrogens is 393 g/mol. The van der Waals surface area contributed by atoms with Gasteiger partial charge in [-0.15, -0.1) is 0 Å². The first-order valence-electron chi connectivity index (χ1n) is 6.65. The van der Waals surface area contributed by atoms with E-state index in [-0.39, 0.29) is 0 Å². The molecule has 0 aliphatic carbocycles. The van der Waals surface area contributed by atoms with Crippen LogP contribution in [0.5, 0.6) is 11.5 Å². The molecule has 0 aliphatic rings. The lowest BCUT2D eigenvalue weighted by Crippen LogP contribution is -1.93. The van der Waals surface area contributed by atoms with E-state index in [1.54, 1.807) is 20.5 Å². The molecule has 22 heavy (non-hydrogen) atoms. The molecule has 0 unspecified atom stereocenters. The van der Waals surface area contributed by atoms with E-state index >= 15 is 0 Å². The highest BCUT2D eigenvalue weighted by Gasteiger charge is 2.14. The van der Waals surface area contributed by atoms with Crippen LogP contribution in [0.15, 0.2) is 53.3 Å². The Morgan fingerprint density at radius 2 is 1.86 bits per heavy atom. The van der Waals surface area contributed by atoms with Gasteiger partial charge in [-0.25, -0.2) is 0 Å². The van der Waals surface area contributed by atoms with Crippen molar-refractivity contribution in [3.05, 3.63) is 52.3 Å². The van der Waals surface area contributed by atoms with Gasteiger partial charge in [0.25, 0.3) is 0 Å². The number of nitrogens with zero attached hydrogens (tertiary/aromatic N) is 1. The van der Waals surface area contributed by atoms with Gasteiger partial charge in [0.15, 0.2) is 0 Å². The Labute approximate surface area is 142 Å². The number of benzene rings is 2. The maximum atomic E-state index is 5.51. The molecule has 0 radical (unpaired) electrons. The quantitative estimate of drug-likeness (QED) is 0.592. The lowest BCUT2D eigenvalue weighted by molar-refractivity contribution is 0.411. The van der Waals surface area contributed by atoms with Gasteiger partial charge in [-0.1, -0.05) is 17.3 Å². The van der Waals surface area contributed by atoms with E-state index in [0.29, 0.717) is 0 Å². The van der Waals surface area contributed by atoms with Gasteiger partial charge in [-0.2, -0.15) is 0 Å². The summed E-state index contributed by atoms with van der Waals surface area (Å²) >= 11 is 2.29. The van der Waals surface area contributed by atoms with Crippen LogP contribution < -0.4 is 9.47 Å². The summed E-state index contributed by atoms with van der Waals surface area (Å²) in [6, 6.07) is 13.8. The minimum atomic E-state index is 0.777. The third-order valence-electron chi connectivity index (χ3n) is 3.37. The SMILES string of the molecule is COc1cccc(-c2cc(-c3ccon3)cc(OC)c2I)c1. The summed E-state index contributed by atoms with van der Waals surface area (Å²) in [5.74, 6) is 1.62. The van der Waals surface area contributed by atoms with E-state index in [0.717, 1.165) is 37.5 Å². The number of methoxy groups -OCH3 is 2. The molecule has 4 nitrogen and oxygen atoms in total. The van der Waals surface area contributed by atoms with Gasteiger partial charge in [0.05, 0.1) is 17.8 Å². The average molecular weight is 407 g/mol. The number of ether oxygens (including phenoxy) is 2. The van der Waals surface area contributed by atoms with E-state index in [1.165, 1.54) is 0 Å². The average Bonchev–Trinajstić information content (AvgIpc) is 3.09. The molecule has 5 heteroatoms. The molecule has 0 N–H and O–H groups in total. The first-order valence-corrected chi connectivity index (χ1v) is 7.73. The van der Waals surface area contributed by atoms with Gasteiger partial charge < -0.3 is 14.0 Å². The zero-order valence-electron chi connectivity index (χ0n) is 12.2. The van der Waals surface area contributed by atoms with Crippen molar-refractivity contribution in [3.63, 3.8) is 0 Å². The molecular formula is C17H14INO3. The summed E-state index contributed by atoms with van der Waals surface area (Å²) in [5, 5.41) is 4.00. The lowest BCUT2D eigenvalue weighted by Gasteiger charge is -2.12. The van der Waals surface area contributed by atoms with Crippen molar-refractivity contribution in [3.8, 4) is 33.9 Å². The van der Waals surface area contributed by atoms with Crippen molar-refractivity contribution >= 4 is 22.6 Å². The van der Waals surface area contributed by atoms with Crippen molar-refractivity contribution in [1.82, 2.24) is 5.16 Å². The van der Waals surface area contributed by atoms with Crippen LogP contribution in [0.1, 0.15) is 0 Å².